The summed E-state index contributed by atoms with van der Waals surface area (Å²) < 4.78 is 14.4. The molecule has 1 heterocycles. The highest BCUT2D eigenvalue weighted by Crippen LogP contribution is 2.62. The minimum Gasteiger partial charge on any atom is -0.309 e. The van der Waals surface area contributed by atoms with Crippen LogP contribution in [0.1, 0.15) is 62.5 Å². The van der Waals surface area contributed by atoms with Crippen molar-refractivity contribution in [2.75, 3.05) is 5.32 Å². The molecule has 2 fully saturated rings. The molecule has 2 saturated carbocycles. The number of hydrogen-bond acceptors (Lipinski definition) is 4. The molecule has 1 aromatic heterocycles. The Morgan fingerprint density at radius 1 is 1.29 bits per heavy atom. The molecule has 31 heavy (non-hydrogen) atoms. The van der Waals surface area contributed by atoms with Crippen molar-refractivity contribution in [1.29, 1.82) is 0 Å². The number of amides is 1. The monoisotopic (exact) mass is 421 g/mol. The van der Waals surface area contributed by atoms with Gasteiger partial charge in [-0.1, -0.05) is 19.1 Å². The number of hydrogen-bond donors (Lipinski definition) is 1. The Morgan fingerprint density at radius 3 is 2.97 bits per heavy atom. The predicted octanol–water partition coefficient (Wildman–Crippen LogP) is 4.69. The molecule has 1 N–H and O–H groups in total. The number of nitrogens with one attached hydrogen (secondary N) is 1. The van der Waals surface area contributed by atoms with Crippen LogP contribution < -0.4 is 5.32 Å². The third-order valence-corrected chi connectivity index (χ3v) is 8.14. The second-order valence-electron chi connectivity index (χ2n) is 9.66. The van der Waals surface area contributed by atoms with Gasteiger partial charge >= 0.3 is 0 Å². The van der Waals surface area contributed by atoms with E-state index >= 15 is 0 Å². The van der Waals surface area contributed by atoms with Crippen molar-refractivity contribution in [3.8, 4) is 0 Å². The number of halogens is 1. The number of ketones is 1. The normalized spacial score (nSPS) is 31.5. The molecule has 0 spiro atoms. The fraction of sp³-hybridized carbons (Fsp3) is 0.520. The Morgan fingerprint density at radius 2 is 2.16 bits per heavy atom. The summed E-state index contributed by atoms with van der Waals surface area (Å²) in [7, 11) is 0. The topological polar surface area (TPSA) is 72.0 Å². The first kappa shape index (κ1) is 20.3. The number of anilines is 1. The van der Waals surface area contributed by atoms with Gasteiger partial charge in [-0.3, -0.25) is 14.6 Å². The molecule has 1 aromatic carbocycles. The van der Waals surface area contributed by atoms with Crippen LogP contribution in [0.4, 0.5) is 10.2 Å². The lowest BCUT2D eigenvalue weighted by Crippen LogP contribution is -2.44. The highest BCUT2D eigenvalue weighted by atomic mass is 19.1. The average Bonchev–Trinajstić information content (AvgIpc) is 3.03. The number of aromatic nitrogens is 2. The highest BCUT2D eigenvalue weighted by Gasteiger charge is 2.58. The standard InChI is InChI=1S/C25H28FN3O2/c1-25-10-9-17-16-3-2-4-20(26)18(16)6-7-19(17)24(25)15(13-21(25)30)5-8-23(31)29-22-14-27-11-12-28-22/h2-4,11-12,14-15,17,19,24H,5-10,13H2,1H3,(H,28,29,31)/t15-,17?,19?,24?,25-/m1/s1. The molecular formula is C25H28FN3O2. The van der Waals surface area contributed by atoms with Crippen LogP contribution in [0.5, 0.6) is 0 Å². The number of carbonyl (C=O) groups excluding carboxylic acids is 2. The molecule has 1 amide bonds. The third kappa shape index (κ3) is 3.46. The van der Waals surface area contributed by atoms with Gasteiger partial charge in [0.05, 0.1) is 6.20 Å². The van der Waals surface area contributed by atoms with E-state index in [0.29, 0.717) is 42.7 Å². The van der Waals surface area contributed by atoms with Gasteiger partial charge in [0.15, 0.2) is 5.82 Å². The van der Waals surface area contributed by atoms with E-state index in [1.165, 1.54) is 6.20 Å². The molecule has 3 aliphatic carbocycles. The van der Waals surface area contributed by atoms with Crippen LogP contribution >= 0.6 is 0 Å². The number of benzene rings is 1. The lowest BCUT2D eigenvalue weighted by Gasteiger charge is -2.50. The van der Waals surface area contributed by atoms with Crippen LogP contribution in [0.3, 0.4) is 0 Å². The van der Waals surface area contributed by atoms with Crippen LogP contribution in [0, 0.1) is 29.0 Å². The van der Waals surface area contributed by atoms with Crippen molar-refractivity contribution in [2.24, 2.45) is 23.2 Å². The fourth-order valence-electron chi connectivity index (χ4n) is 6.78. The largest absolute Gasteiger partial charge is 0.309 e. The molecular weight excluding hydrogens is 393 g/mol. The molecule has 3 unspecified atom stereocenters. The first-order valence-corrected chi connectivity index (χ1v) is 11.3. The van der Waals surface area contributed by atoms with Crippen molar-refractivity contribution in [1.82, 2.24) is 9.97 Å². The van der Waals surface area contributed by atoms with E-state index in [2.05, 4.69) is 28.3 Å². The summed E-state index contributed by atoms with van der Waals surface area (Å²) in [4.78, 5) is 33.6. The molecule has 6 heteroatoms. The Kier molecular flexibility index (Phi) is 5.11. The Bertz CT molecular complexity index is 1010. The van der Waals surface area contributed by atoms with Gasteiger partial charge in [-0.2, -0.15) is 0 Å². The minimum atomic E-state index is -0.307. The lowest BCUT2D eigenvalue weighted by molar-refractivity contribution is -0.129. The van der Waals surface area contributed by atoms with Crippen molar-refractivity contribution >= 4 is 17.5 Å². The van der Waals surface area contributed by atoms with Gasteiger partial charge in [0, 0.05) is 30.7 Å². The molecule has 3 aliphatic rings. The van der Waals surface area contributed by atoms with Crippen LogP contribution in [-0.4, -0.2) is 21.7 Å². The van der Waals surface area contributed by atoms with Gasteiger partial charge in [-0.25, -0.2) is 9.37 Å². The van der Waals surface area contributed by atoms with Crippen molar-refractivity contribution in [3.05, 3.63) is 53.7 Å². The van der Waals surface area contributed by atoms with E-state index in [1.54, 1.807) is 18.5 Å². The Hall–Kier alpha value is -2.63. The first-order valence-electron chi connectivity index (χ1n) is 11.3. The fourth-order valence-corrected chi connectivity index (χ4v) is 6.78. The maximum absolute atomic E-state index is 14.4. The van der Waals surface area contributed by atoms with E-state index in [0.717, 1.165) is 36.8 Å². The van der Waals surface area contributed by atoms with Gasteiger partial charge in [-0.05, 0) is 73.0 Å². The van der Waals surface area contributed by atoms with Crippen molar-refractivity contribution < 1.29 is 14.0 Å². The van der Waals surface area contributed by atoms with Gasteiger partial charge in [-0.15, -0.1) is 0 Å². The van der Waals surface area contributed by atoms with E-state index in [4.69, 9.17) is 0 Å². The number of rotatable bonds is 4. The first-order chi connectivity index (χ1) is 15.0. The maximum atomic E-state index is 14.4. The highest BCUT2D eigenvalue weighted by molar-refractivity contribution is 5.90. The zero-order chi connectivity index (χ0) is 21.6. The summed E-state index contributed by atoms with van der Waals surface area (Å²) in [5, 5.41) is 2.80. The van der Waals surface area contributed by atoms with E-state index in [-0.39, 0.29) is 29.0 Å². The number of Topliss-reactive ketones (excluding diaryl/α,β-unsaturated/α-hetero) is 1. The quantitative estimate of drug-likeness (QED) is 0.778. The molecule has 5 atom stereocenters. The molecule has 0 saturated heterocycles. The molecule has 0 aliphatic heterocycles. The van der Waals surface area contributed by atoms with Gasteiger partial charge in [0.25, 0.3) is 0 Å². The summed E-state index contributed by atoms with van der Waals surface area (Å²) >= 11 is 0. The second kappa shape index (κ2) is 7.81. The average molecular weight is 422 g/mol. The predicted molar refractivity (Wildman–Crippen MR) is 115 cm³/mol. The number of carbonyl (C=O) groups is 2. The summed E-state index contributed by atoms with van der Waals surface area (Å²) in [6.07, 6.45) is 9.71. The molecule has 162 valence electrons. The molecule has 5 nitrogen and oxygen atoms in total. The van der Waals surface area contributed by atoms with Crippen LogP contribution in [0.25, 0.3) is 0 Å². The third-order valence-electron chi connectivity index (χ3n) is 8.14. The van der Waals surface area contributed by atoms with E-state index in [9.17, 15) is 14.0 Å². The molecule has 5 rings (SSSR count). The second-order valence-corrected chi connectivity index (χ2v) is 9.66. The number of nitrogens with zero attached hydrogens (tertiary/aromatic N) is 2. The molecule has 0 radical (unpaired) electrons. The molecule has 0 bridgehead atoms. The summed E-state index contributed by atoms with van der Waals surface area (Å²) in [5.74, 6) is 1.78. The molecule has 2 aromatic rings. The SMILES string of the molecule is C[C@]12CCC3c4cccc(F)c4CCC3C1[C@H](CCC(=O)Nc1cnccn1)CC2=O. The van der Waals surface area contributed by atoms with E-state index < -0.39 is 0 Å². The lowest BCUT2D eigenvalue weighted by atomic mass is 9.54. The van der Waals surface area contributed by atoms with Crippen LogP contribution in [-0.2, 0) is 16.0 Å². The number of fused-ring (bicyclic) bond motifs is 5. The van der Waals surface area contributed by atoms with Crippen LogP contribution in [0.15, 0.2) is 36.8 Å². The maximum Gasteiger partial charge on any atom is 0.225 e. The minimum absolute atomic E-state index is 0.0926. The van der Waals surface area contributed by atoms with Crippen LogP contribution in [0.2, 0.25) is 0 Å². The van der Waals surface area contributed by atoms with Gasteiger partial charge in [0.2, 0.25) is 5.91 Å². The summed E-state index contributed by atoms with van der Waals surface area (Å²) in [6.45, 7) is 2.14. The zero-order valence-electron chi connectivity index (χ0n) is 17.8. The Labute approximate surface area is 181 Å². The smallest absolute Gasteiger partial charge is 0.225 e. The van der Waals surface area contributed by atoms with E-state index in [1.807, 2.05) is 6.07 Å². The summed E-state index contributed by atoms with van der Waals surface area (Å²) in [6, 6.07) is 5.46. The zero-order valence-corrected chi connectivity index (χ0v) is 17.8. The van der Waals surface area contributed by atoms with Gasteiger partial charge in [0.1, 0.15) is 11.6 Å². The summed E-state index contributed by atoms with van der Waals surface area (Å²) in [5.41, 5.74) is 1.71. The van der Waals surface area contributed by atoms with Crippen molar-refractivity contribution in [3.63, 3.8) is 0 Å². The van der Waals surface area contributed by atoms with Crippen molar-refractivity contribution in [2.45, 2.75) is 57.8 Å². The van der Waals surface area contributed by atoms with Gasteiger partial charge < -0.3 is 5.32 Å². The Balaban J connectivity index is 1.34.